The highest BCUT2D eigenvalue weighted by atomic mass is 35.5. The van der Waals surface area contributed by atoms with Gasteiger partial charge < -0.3 is 0 Å². The quantitative estimate of drug-likeness (QED) is 0.531. The van der Waals surface area contributed by atoms with Gasteiger partial charge in [0, 0.05) is 18.7 Å². The van der Waals surface area contributed by atoms with Crippen LogP contribution in [0.4, 0.5) is 0 Å². The van der Waals surface area contributed by atoms with E-state index in [1.165, 1.54) is 12.3 Å². The first-order chi connectivity index (χ1) is 5.77. The first-order valence-corrected chi connectivity index (χ1v) is 3.57. The van der Waals surface area contributed by atoms with Gasteiger partial charge in [0.2, 0.25) is 0 Å². The van der Waals surface area contributed by atoms with E-state index in [1.807, 2.05) is 12.1 Å². The molecule has 0 radical (unpaired) electrons. The van der Waals surface area contributed by atoms with Crippen molar-refractivity contribution in [2.45, 2.75) is 6.42 Å². The largest absolute Gasteiger partial charge is 0.244 e. The van der Waals surface area contributed by atoms with Crippen LogP contribution in [0.5, 0.6) is 0 Å². The highest BCUT2D eigenvalue weighted by Gasteiger charge is 2.09. The predicted molar refractivity (Wildman–Crippen MR) is 45.3 cm³/mol. The Morgan fingerprint density at radius 2 is 2.33 bits per heavy atom. The van der Waals surface area contributed by atoms with Gasteiger partial charge in [0.05, 0.1) is 11.1 Å². The molecule has 12 heavy (non-hydrogen) atoms. The molecule has 0 fully saturated rings. The predicted octanol–water partition coefficient (Wildman–Crippen LogP) is 1.88. The topological polar surface area (TPSA) is 59.9 Å². The molecule has 3 nitrogen and oxygen atoms in total. The average molecular weight is 178 g/mol. The van der Waals surface area contributed by atoms with Gasteiger partial charge >= 0.3 is 0 Å². The Morgan fingerprint density at radius 1 is 1.58 bits per heavy atom. The van der Waals surface area contributed by atoms with Crippen molar-refractivity contribution in [2.75, 3.05) is 0 Å². The molecule has 1 aliphatic heterocycles. The third-order valence-electron chi connectivity index (χ3n) is 1.33. The van der Waals surface area contributed by atoms with Gasteiger partial charge in [0.15, 0.2) is 5.70 Å². The summed E-state index contributed by atoms with van der Waals surface area (Å²) in [7, 11) is 0. The molecule has 0 aromatic rings. The number of rotatable bonds is 0. The molecule has 1 heterocycles. The molecule has 0 atom stereocenters. The molecule has 4 heteroatoms. The van der Waals surface area contributed by atoms with Gasteiger partial charge in [0.25, 0.3) is 0 Å². The molecular formula is C8H4ClN3. The van der Waals surface area contributed by atoms with Crippen LogP contribution in [0.25, 0.3) is 0 Å². The first-order valence-electron chi connectivity index (χ1n) is 3.19. The van der Waals surface area contributed by atoms with E-state index in [-0.39, 0.29) is 5.70 Å². The molecule has 0 N–H and O–H groups in total. The second-order valence-corrected chi connectivity index (χ2v) is 2.60. The zero-order valence-electron chi connectivity index (χ0n) is 6.08. The Hall–Kier alpha value is -1.58. The van der Waals surface area contributed by atoms with Crippen LogP contribution in [-0.4, -0.2) is 6.21 Å². The maximum absolute atomic E-state index is 8.49. The Labute approximate surface area is 74.9 Å². The molecule has 0 spiro atoms. The van der Waals surface area contributed by atoms with Crippen LogP contribution in [0.15, 0.2) is 27.4 Å². The lowest BCUT2D eigenvalue weighted by Gasteiger charge is -2.04. The summed E-state index contributed by atoms with van der Waals surface area (Å²) in [6.45, 7) is 0. The lowest BCUT2D eigenvalue weighted by Crippen LogP contribution is -1.95. The molecule has 0 saturated heterocycles. The highest BCUT2D eigenvalue weighted by molar-refractivity contribution is 6.31. The SMILES string of the molecule is N#CC=C1C=NC(C#N)=C(Cl)C1. The van der Waals surface area contributed by atoms with Crippen LogP contribution in [0.1, 0.15) is 6.42 Å². The van der Waals surface area contributed by atoms with Crippen molar-refractivity contribution >= 4 is 17.8 Å². The van der Waals surface area contributed by atoms with E-state index in [0.717, 1.165) is 5.57 Å². The summed E-state index contributed by atoms with van der Waals surface area (Å²) < 4.78 is 0. The lowest BCUT2D eigenvalue weighted by molar-refractivity contribution is 1.19. The normalized spacial score (nSPS) is 19.1. The Balaban J connectivity index is 2.93. The van der Waals surface area contributed by atoms with E-state index in [1.54, 1.807) is 0 Å². The molecule has 58 valence electrons. The summed E-state index contributed by atoms with van der Waals surface area (Å²) in [5.41, 5.74) is 0.952. The van der Waals surface area contributed by atoms with Crippen LogP contribution in [-0.2, 0) is 0 Å². The molecule has 0 aromatic heterocycles. The maximum Gasteiger partial charge on any atom is 0.155 e. The van der Waals surface area contributed by atoms with Crippen LogP contribution in [0, 0.1) is 22.7 Å². The summed E-state index contributed by atoms with van der Waals surface area (Å²) in [6.07, 6.45) is 3.26. The fourth-order valence-electron chi connectivity index (χ4n) is 0.787. The standard InChI is InChI=1S/C8H4ClN3/c9-7-3-6(1-2-10)5-12-8(7)4-11/h1,5H,3H2. The van der Waals surface area contributed by atoms with Gasteiger partial charge in [-0.2, -0.15) is 10.5 Å². The Bertz CT molecular complexity index is 363. The molecule has 0 aromatic carbocycles. The Kier molecular flexibility index (Phi) is 2.63. The number of halogens is 1. The zero-order chi connectivity index (χ0) is 8.97. The lowest BCUT2D eigenvalue weighted by atomic mass is 10.1. The summed E-state index contributed by atoms with van der Waals surface area (Å²) in [6, 6.07) is 3.73. The minimum absolute atomic E-state index is 0.228. The van der Waals surface area contributed by atoms with Crippen LogP contribution < -0.4 is 0 Å². The second kappa shape index (κ2) is 3.71. The van der Waals surface area contributed by atoms with Gasteiger partial charge in [-0.15, -0.1) is 0 Å². The van der Waals surface area contributed by atoms with E-state index in [0.29, 0.717) is 11.5 Å². The van der Waals surface area contributed by atoms with Gasteiger partial charge in [0.1, 0.15) is 6.07 Å². The summed E-state index contributed by atoms with van der Waals surface area (Å²) in [5.74, 6) is 0. The fourth-order valence-corrected chi connectivity index (χ4v) is 1.03. The Morgan fingerprint density at radius 3 is 2.83 bits per heavy atom. The highest BCUT2D eigenvalue weighted by Crippen LogP contribution is 2.22. The molecule has 0 bridgehead atoms. The average Bonchev–Trinajstić information content (AvgIpc) is 2.05. The van der Waals surface area contributed by atoms with Gasteiger partial charge in [-0.25, -0.2) is 4.99 Å². The van der Waals surface area contributed by atoms with E-state index in [9.17, 15) is 0 Å². The van der Waals surface area contributed by atoms with Gasteiger partial charge in [-0.1, -0.05) is 11.6 Å². The number of aliphatic imine (C=N–C) groups is 1. The summed E-state index contributed by atoms with van der Waals surface area (Å²) in [5, 5.41) is 17.2. The number of nitriles is 2. The number of hydrogen-bond donors (Lipinski definition) is 0. The smallest absolute Gasteiger partial charge is 0.155 e. The molecule has 1 aliphatic rings. The van der Waals surface area contributed by atoms with Crippen molar-refractivity contribution in [3.8, 4) is 12.1 Å². The van der Waals surface area contributed by atoms with Crippen LogP contribution in [0.3, 0.4) is 0 Å². The minimum Gasteiger partial charge on any atom is -0.244 e. The number of allylic oxidation sites excluding steroid dienone is 4. The molecule has 0 amide bonds. The van der Waals surface area contributed by atoms with Crippen molar-refractivity contribution in [3.63, 3.8) is 0 Å². The molecule has 0 unspecified atom stereocenters. The monoisotopic (exact) mass is 177 g/mol. The van der Waals surface area contributed by atoms with Crippen LogP contribution >= 0.6 is 11.6 Å². The molecule has 0 saturated carbocycles. The number of nitrogens with zero attached hydrogens (tertiary/aromatic N) is 3. The van der Waals surface area contributed by atoms with E-state index >= 15 is 0 Å². The second-order valence-electron chi connectivity index (χ2n) is 2.15. The summed E-state index contributed by atoms with van der Waals surface area (Å²) >= 11 is 5.71. The first kappa shape index (κ1) is 8.52. The van der Waals surface area contributed by atoms with Crippen molar-refractivity contribution in [1.82, 2.24) is 0 Å². The van der Waals surface area contributed by atoms with Gasteiger partial charge in [-0.05, 0) is 5.57 Å². The van der Waals surface area contributed by atoms with E-state index < -0.39 is 0 Å². The van der Waals surface area contributed by atoms with Crippen molar-refractivity contribution in [2.24, 2.45) is 4.99 Å². The third-order valence-corrected chi connectivity index (χ3v) is 1.64. The van der Waals surface area contributed by atoms with Crippen molar-refractivity contribution < 1.29 is 0 Å². The molecular weight excluding hydrogens is 174 g/mol. The van der Waals surface area contributed by atoms with E-state index in [4.69, 9.17) is 22.1 Å². The third kappa shape index (κ3) is 1.72. The minimum atomic E-state index is 0.228. The van der Waals surface area contributed by atoms with Crippen LogP contribution in [0.2, 0.25) is 0 Å². The fraction of sp³-hybridized carbons (Fsp3) is 0.125. The summed E-state index contributed by atoms with van der Waals surface area (Å²) in [4.78, 5) is 3.77. The van der Waals surface area contributed by atoms with Crippen molar-refractivity contribution in [1.29, 1.82) is 10.5 Å². The molecule has 0 aliphatic carbocycles. The molecule has 1 rings (SSSR count). The van der Waals surface area contributed by atoms with E-state index in [2.05, 4.69) is 4.99 Å². The zero-order valence-corrected chi connectivity index (χ0v) is 6.84. The van der Waals surface area contributed by atoms with Gasteiger partial charge in [-0.3, -0.25) is 0 Å². The maximum atomic E-state index is 8.49. The number of hydrogen-bond acceptors (Lipinski definition) is 3. The van der Waals surface area contributed by atoms with Crippen molar-refractivity contribution in [3.05, 3.63) is 22.4 Å².